The predicted octanol–water partition coefficient (Wildman–Crippen LogP) is 2.04. The number of terminal acetylenes is 1. The highest BCUT2D eigenvalue weighted by atomic mass is 19.1. The van der Waals surface area contributed by atoms with Gasteiger partial charge < -0.3 is 5.32 Å². The third kappa shape index (κ3) is 3.12. The maximum atomic E-state index is 12.6. The summed E-state index contributed by atoms with van der Waals surface area (Å²) in [5.74, 6) is 2.04. The summed E-state index contributed by atoms with van der Waals surface area (Å²) in [6.07, 6.45) is 7.17. The quantitative estimate of drug-likeness (QED) is 0.566. The average molecular weight is 178 g/mol. The minimum absolute atomic E-state index is 0.145. The highest BCUT2D eigenvalue weighted by molar-refractivity contribution is 5.42. The van der Waals surface area contributed by atoms with Crippen LogP contribution < -0.4 is 5.32 Å². The molecule has 1 aromatic rings. The van der Waals surface area contributed by atoms with Crippen LogP contribution >= 0.6 is 0 Å². The molecular formula is C10H11FN2. The van der Waals surface area contributed by atoms with Crippen LogP contribution in [0.1, 0.15) is 13.3 Å². The zero-order valence-electron chi connectivity index (χ0n) is 7.42. The number of hydrogen-bond donors (Lipinski definition) is 1. The van der Waals surface area contributed by atoms with E-state index < -0.39 is 5.95 Å². The molecule has 2 nitrogen and oxygen atoms in total. The van der Waals surface area contributed by atoms with Crippen LogP contribution in [-0.4, -0.2) is 11.0 Å². The molecule has 0 saturated heterocycles. The van der Waals surface area contributed by atoms with Crippen molar-refractivity contribution >= 4 is 5.69 Å². The van der Waals surface area contributed by atoms with E-state index in [1.165, 1.54) is 12.3 Å². The number of halogens is 1. The van der Waals surface area contributed by atoms with Crippen molar-refractivity contribution in [3.05, 3.63) is 24.3 Å². The maximum absolute atomic E-state index is 12.6. The lowest BCUT2D eigenvalue weighted by atomic mass is 10.2. The van der Waals surface area contributed by atoms with Gasteiger partial charge in [0, 0.05) is 30.4 Å². The minimum Gasteiger partial charge on any atom is -0.381 e. The van der Waals surface area contributed by atoms with E-state index in [2.05, 4.69) is 16.2 Å². The fourth-order valence-corrected chi connectivity index (χ4v) is 1.00. The number of rotatable bonds is 3. The van der Waals surface area contributed by atoms with Crippen molar-refractivity contribution in [2.45, 2.75) is 19.4 Å². The predicted molar refractivity (Wildman–Crippen MR) is 50.7 cm³/mol. The van der Waals surface area contributed by atoms with E-state index in [1.807, 2.05) is 6.92 Å². The third-order valence-electron chi connectivity index (χ3n) is 1.56. The van der Waals surface area contributed by atoms with Gasteiger partial charge in [-0.25, -0.2) is 4.98 Å². The summed E-state index contributed by atoms with van der Waals surface area (Å²) in [6, 6.07) is 3.19. The van der Waals surface area contributed by atoms with E-state index >= 15 is 0 Å². The summed E-state index contributed by atoms with van der Waals surface area (Å²) < 4.78 is 12.6. The SMILES string of the molecule is C#CCC(C)Nc1ccnc(F)c1. The molecular weight excluding hydrogens is 167 g/mol. The van der Waals surface area contributed by atoms with Gasteiger partial charge in [-0.05, 0) is 13.0 Å². The number of nitrogens with one attached hydrogen (secondary N) is 1. The molecule has 0 aromatic carbocycles. The monoisotopic (exact) mass is 178 g/mol. The van der Waals surface area contributed by atoms with Crippen molar-refractivity contribution in [1.82, 2.24) is 4.98 Å². The Morgan fingerprint density at radius 2 is 2.54 bits per heavy atom. The molecule has 0 saturated carbocycles. The lowest BCUT2D eigenvalue weighted by Crippen LogP contribution is -2.14. The van der Waals surface area contributed by atoms with Crippen molar-refractivity contribution in [3.63, 3.8) is 0 Å². The number of hydrogen-bond acceptors (Lipinski definition) is 2. The Morgan fingerprint density at radius 1 is 1.77 bits per heavy atom. The summed E-state index contributed by atoms with van der Waals surface area (Å²) in [7, 11) is 0. The molecule has 0 aliphatic rings. The van der Waals surface area contributed by atoms with Gasteiger partial charge in [-0.2, -0.15) is 4.39 Å². The summed E-state index contributed by atoms with van der Waals surface area (Å²) in [5, 5.41) is 3.06. The summed E-state index contributed by atoms with van der Waals surface area (Å²) in [5.41, 5.74) is 0.704. The van der Waals surface area contributed by atoms with Crippen molar-refractivity contribution in [2.24, 2.45) is 0 Å². The lowest BCUT2D eigenvalue weighted by Gasteiger charge is -2.11. The topological polar surface area (TPSA) is 24.9 Å². The van der Waals surface area contributed by atoms with Crippen molar-refractivity contribution in [2.75, 3.05) is 5.32 Å². The first kappa shape index (κ1) is 9.53. The number of aromatic nitrogens is 1. The lowest BCUT2D eigenvalue weighted by molar-refractivity contribution is 0.584. The van der Waals surface area contributed by atoms with Crippen LogP contribution in [0.25, 0.3) is 0 Å². The van der Waals surface area contributed by atoms with E-state index in [4.69, 9.17) is 6.42 Å². The van der Waals surface area contributed by atoms with Gasteiger partial charge in [-0.1, -0.05) is 0 Å². The smallest absolute Gasteiger partial charge is 0.214 e. The van der Waals surface area contributed by atoms with Gasteiger partial charge in [0.15, 0.2) is 0 Å². The van der Waals surface area contributed by atoms with Crippen molar-refractivity contribution in [1.29, 1.82) is 0 Å². The molecule has 0 spiro atoms. The molecule has 13 heavy (non-hydrogen) atoms. The molecule has 1 N–H and O–H groups in total. The van der Waals surface area contributed by atoms with Crippen molar-refractivity contribution < 1.29 is 4.39 Å². The fourth-order valence-electron chi connectivity index (χ4n) is 1.00. The van der Waals surface area contributed by atoms with E-state index in [1.54, 1.807) is 6.07 Å². The van der Waals surface area contributed by atoms with Crippen LogP contribution in [0.2, 0.25) is 0 Å². The first-order valence-corrected chi connectivity index (χ1v) is 4.04. The van der Waals surface area contributed by atoms with Crippen LogP contribution in [-0.2, 0) is 0 Å². The second kappa shape index (κ2) is 4.46. The zero-order valence-corrected chi connectivity index (χ0v) is 7.42. The van der Waals surface area contributed by atoms with E-state index in [0.29, 0.717) is 12.1 Å². The van der Waals surface area contributed by atoms with Gasteiger partial charge in [0.05, 0.1) is 0 Å². The second-order valence-corrected chi connectivity index (χ2v) is 2.82. The van der Waals surface area contributed by atoms with Crippen LogP contribution in [0.5, 0.6) is 0 Å². The molecule has 1 unspecified atom stereocenters. The second-order valence-electron chi connectivity index (χ2n) is 2.82. The summed E-state index contributed by atoms with van der Waals surface area (Å²) >= 11 is 0. The zero-order chi connectivity index (χ0) is 9.68. The third-order valence-corrected chi connectivity index (χ3v) is 1.56. The first-order valence-electron chi connectivity index (χ1n) is 4.04. The van der Waals surface area contributed by atoms with E-state index in [0.717, 1.165) is 0 Å². The Balaban J connectivity index is 2.59. The molecule has 0 fully saturated rings. The number of pyridine rings is 1. The normalized spacial score (nSPS) is 11.8. The van der Waals surface area contributed by atoms with Gasteiger partial charge >= 0.3 is 0 Å². The van der Waals surface area contributed by atoms with Gasteiger partial charge in [0.1, 0.15) is 0 Å². The summed E-state index contributed by atoms with van der Waals surface area (Å²) in [6.45, 7) is 1.94. The fraction of sp³-hybridized carbons (Fsp3) is 0.300. The first-order chi connectivity index (χ1) is 6.22. The van der Waals surface area contributed by atoms with Crippen LogP contribution in [0.3, 0.4) is 0 Å². The number of anilines is 1. The molecule has 3 heteroatoms. The molecule has 1 rings (SSSR count). The molecule has 1 heterocycles. The highest BCUT2D eigenvalue weighted by Crippen LogP contribution is 2.09. The van der Waals surface area contributed by atoms with Gasteiger partial charge in [0.25, 0.3) is 0 Å². The number of nitrogens with zero attached hydrogens (tertiary/aromatic N) is 1. The van der Waals surface area contributed by atoms with Crippen LogP contribution in [0.15, 0.2) is 18.3 Å². The van der Waals surface area contributed by atoms with Crippen LogP contribution in [0.4, 0.5) is 10.1 Å². The van der Waals surface area contributed by atoms with Crippen molar-refractivity contribution in [3.8, 4) is 12.3 Å². The Hall–Kier alpha value is -1.56. The minimum atomic E-state index is -0.488. The molecule has 0 bridgehead atoms. The molecule has 68 valence electrons. The molecule has 0 amide bonds. The molecule has 0 aliphatic heterocycles. The molecule has 0 aliphatic carbocycles. The van der Waals surface area contributed by atoms with Gasteiger partial charge in [-0.3, -0.25) is 0 Å². The maximum Gasteiger partial charge on any atom is 0.214 e. The highest BCUT2D eigenvalue weighted by Gasteiger charge is 2.00. The molecule has 0 radical (unpaired) electrons. The largest absolute Gasteiger partial charge is 0.381 e. The Kier molecular flexibility index (Phi) is 3.27. The molecule has 1 aromatic heterocycles. The van der Waals surface area contributed by atoms with E-state index in [-0.39, 0.29) is 6.04 Å². The average Bonchev–Trinajstić information content (AvgIpc) is 2.04. The standard InChI is InChI=1S/C10H11FN2/c1-3-4-8(2)13-9-5-6-12-10(11)7-9/h1,5-8H,4H2,2H3,(H,12,13). The van der Waals surface area contributed by atoms with Gasteiger partial charge in [0.2, 0.25) is 5.95 Å². The Morgan fingerprint density at radius 3 is 3.15 bits per heavy atom. The summed E-state index contributed by atoms with van der Waals surface area (Å²) in [4.78, 5) is 3.45. The molecule has 1 atom stereocenters. The Labute approximate surface area is 77.2 Å². The van der Waals surface area contributed by atoms with E-state index in [9.17, 15) is 4.39 Å². The van der Waals surface area contributed by atoms with Crippen LogP contribution in [0, 0.1) is 18.3 Å². The van der Waals surface area contributed by atoms with Gasteiger partial charge in [-0.15, -0.1) is 12.3 Å². The Bertz CT molecular complexity index is 317.